The highest BCUT2D eigenvalue weighted by Gasteiger charge is 2.17. The molecule has 0 amide bonds. The van der Waals surface area contributed by atoms with Crippen LogP contribution < -0.4 is 20.7 Å². The molecule has 1 heterocycles. The zero-order valence-electron chi connectivity index (χ0n) is 10.4. The third-order valence-corrected chi connectivity index (χ3v) is 3.11. The summed E-state index contributed by atoms with van der Waals surface area (Å²) in [5.74, 6) is 5.83. The van der Waals surface area contributed by atoms with Crippen molar-refractivity contribution in [3.05, 3.63) is 34.0 Å². The van der Waals surface area contributed by atoms with Gasteiger partial charge in [-0.1, -0.05) is 4.49 Å². The van der Waals surface area contributed by atoms with Gasteiger partial charge in [-0.15, -0.1) is 5.10 Å². The Morgan fingerprint density at radius 2 is 2.35 bits per heavy atom. The maximum atomic E-state index is 10.9. The number of benzene rings is 1. The van der Waals surface area contributed by atoms with E-state index < -0.39 is 4.92 Å². The molecule has 0 aliphatic heterocycles. The van der Waals surface area contributed by atoms with Crippen LogP contribution in [0.1, 0.15) is 5.69 Å². The maximum absolute atomic E-state index is 10.9. The first kappa shape index (κ1) is 14.0. The second kappa shape index (κ2) is 6.12. The van der Waals surface area contributed by atoms with E-state index in [1.54, 1.807) is 0 Å². The number of nitro groups is 1. The van der Waals surface area contributed by atoms with Gasteiger partial charge in [0.2, 0.25) is 5.75 Å². The van der Waals surface area contributed by atoms with Gasteiger partial charge in [0.15, 0.2) is 5.00 Å². The van der Waals surface area contributed by atoms with Crippen molar-refractivity contribution in [2.75, 3.05) is 12.5 Å². The van der Waals surface area contributed by atoms with Gasteiger partial charge in [-0.25, -0.2) is 5.84 Å². The molecule has 0 atom stereocenters. The molecule has 1 aromatic heterocycles. The molecule has 0 aliphatic rings. The molecule has 0 unspecified atom stereocenters. The minimum Gasteiger partial charge on any atom is -0.497 e. The van der Waals surface area contributed by atoms with Crippen molar-refractivity contribution in [1.29, 1.82) is 0 Å². The van der Waals surface area contributed by atoms with Gasteiger partial charge in [-0.3, -0.25) is 10.1 Å². The van der Waals surface area contributed by atoms with Crippen LogP contribution in [0.15, 0.2) is 18.2 Å². The van der Waals surface area contributed by atoms with Crippen molar-refractivity contribution in [3.63, 3.8) is 0 Å². The Hall–Kier alpha value is -2.46. The zero-order chi connectivity index (χ0) is 14.5. The average molecular weight is 297 g/mol. The highest BCUT2D eigenvalue weighted by molar-refractivity contribution is 7.10. The summed E-state index contributed by atoms with van der Waals surface area (Å²) in [5, 5.41) is 15.3. The first-order valence-electron chi connectivity index (χ1n) is 5.38. The van der Waals surface area contributed by atoms with Gasteiger partial charge in [-0.05, 0) is 6.07 Å². The number of nitrogens with zero attached hydrogens (tertiary/aromatic N) is 3. The van der Waals surface area contributed by atoms with Crippen LogP contribution in [0.2, 0.25) is 0 Å². The predicted molar refractivity (Wildman–Crippen MR) is 71.7 cm³/mol. The third-order valence-electron chi connectivity index (χ3n) is 2.41. The molecule has 0 saturated heterocycles. The molecule has 2 aromatic rings. The summed E-state index contributed by atoms with van der Waals surface area (Å²) >= 11 is 1.07. The molecule has 3 N–H and O–H groups in total. The fourth-order valence-electron chi connectivity index (χ4n) is 1.45. The number of methoxy groups -OCH3 is 1. The van der Waals surface area contributed by atoms with Crippen LogP contribution in [0.3, 0.4) is 0 Å². The summed E-state index contributed by atoms with van der Waals surface area (Å²) in [5.41, 5.74) is 2.74. The molecule has 2 rings (SSSR count). The number of rotatable bonds is 6. The summed E-state index contributed by atoms with van der Waals surface area (Å²) in [6, 6.07) is 4.24. The number of nitro benzene ring substituents is 1. The van der Waals surface area contributed by atoms with Crippen LogP contribution in [0.25, 0.3) is 0 Å². The smallest absolute Gasteiger partial charge is 0.311 e. The fourth-order valence-corrected chi connectivity index (χ4v) is 1.93. The van der Waals surface area contributed by atoms with E-state index in [1.165, 1.54) is 25.3 Å². The standard InChI is InChI=1S/C10H11N5O4S/c1-18-6-2-3-8(15(16)17)9(4-6)19-5-7-10(12-11)20-14-13-7/h2-4,12H,5,11H2,1H3. The van der Waals surface area contributed by atoms with Gasteiger partial charge in [0, 0.05) is 23.7 Å². The Balaban J connectivity index is 2.21. The lowest BCUT2D eigenvalue weighted by molar-refractivity contribution is -0.386. The number of anilines is 1. The van der Waals surface area contributed by atoms with Gasteiger partial charge >= 0.3 is 5.69 Å². The minimum atomic E-state index is -0.532. The number of aromatic nitrogens is 2. The number of hydrazine groups is 1. The van der Waals surface area contributed by atoms with Crippen molar-refractivity contribution in [2.24, 2.45) is 5.84 Å². The highest BCUT2D eigenvalue weighted by atomic mass is 32.1. The van der Waals surface area contributed by atoms with Crippen LogP contribution in [-0.4, -0.2) is 21.6 Å². The Kier molecular flexibility index (Phi) is 4.27. The van der Waals surface area contributed by atoms with Crippen LogP contribution >= 0.6 is 11.5 Å². The van der Waals surface area contributed by atoms with Gasteiger partial charge < -0.3 is 14.9 Å². The fraction of sp³-hybridized carbons (Fsp3) is 0.200. The zero-order valence-corrected chi connectivity index (χ0v) is 11.2. The van der Waals surface area contributed by atoms with Gasteiger partial charge in [0.25, 0.3) is 0 Å². The van der Waals surface area contributed by atoms with Crippen LogP contribution in [-0.2, 0) is 6.61 Å². The quantitative estimate of drug-likeness (QED) is 0.464. The minimum absolute atomic E-state index is 0.00401. The summed E-state index contributed by atoms with van der Waals surface area (Å²) in [4.78, 5) is 10.4. The Labute approximate surface area is 117 Å². The van der Waals surface area contributed by atoms with E-state index in [4.69, 9.17) is 15.3 Å². The van der Waals surface area contributed by atoms with E-state index >= 15 is 0 Å². The Bertz CT molecular complexity index is 617. The molecule has 0 spiro atoms. The molecule has 0 radical (unpaired) electrons. The van der Waals surface area contributed by atoms with Crippen molar-refractivity contribution < 1.29 is 14.4 Å². The van der Waals surface area contributed by atoms with E-state index in [2.05, 4.69) is 15.0 Å². The Morgan fingerprint density at radius 1 is 1.55 bits per heavy atom. The number of hydrogen-bond acceptors (Lipinski definition) is 9. The molecule has 0 aliphatic carbocycles. The first-order chi connectivity index (χ1) is 9.65. The van der Waals surface area contributed by atoms with Crippen molar-refractivity contribution in [1.82, 2.24) is 9.59 Å². The monoisotopic (exact) mass is 297 g/mol. The van der Waals surface area contributed by atoms with Crippen molar-refractivity contribution >= 4 is 22.2 Å². The molecular weight excluding hydrogens is 286 g/mol. The number of nitrogen functional groups attached to an aromatic ring is 1. The van der Waals surface area contributed by atoms with Gasteiger partial charge in [-0.2, -0.15) is 0 Å². The maximum Gasteiger partial charge on any atom is 0.311 e. The summed E-state index contributed by atoms with van der Waals surface area (Å²) in [6.07, 6.45) is 0. The van der Waals surface area contributed by atoms with Crippen molar-refractivity contribution in [2.45, 2.75) is 6.61 Å². The van der Waals surface area contributed by atoms with Gasteiger partial charge in [0.1, 0.15) is 18.1 Å². The second-order valence-corrected chi connectivity index (χ2v) is 4.33. The van der Waals surface area contributed by atoms with Crippen LogP contribution in [0.4, 0.5) is 10.7 Å². The Morgan fingerprint density at radius 3 is 3.00 bits per heavy atom. The van der Waals surface area contributed by atoms with Gasteiger partial charge in [0.05, 0.1) is 12.0 Å². The van der Waals surface area contributed by atoms with Crippen LogP contribution in [0.5, 0.6) is 11.5 Å². The average Bonchev–Trinajstić information content (AvgIpc) is 2.91. The van der Waals surface area contributed by atoms with E-state index in [-0.39, 0.29) is 18.0 Å². The number of hydrogen-bond donors (Lipinski definition) is 2. The number of nitrogens with two attached hydrogens (primary N) is 1. The number of nitrogens with one attached hydrogen (secondary N) is 1. The lowest BCUT2D eigenvalue weighted by Gasteiger charge is -2.07. The molecule has 0 saturated carbocycles. The second-order valence-electron chi connectivity index (χ2n) is 3.57. The van der Waals surface area contributed by atoms with Crippen LogP contribution in [0, 0.1) is 10.1 Å². The molecule has 0 fully saturated rings. The number of ether oxygens (including phenoxy) is 2. The first-order valence-corrected chi connectivity index (χ1v) is 6.16. The highest BCUT2D eigenvalue weighted by Crippen LogP contribution is 2.32. The molecular formula is C10H11N5O4S. The van der Waals surface area contributed by atoms with E-state index in [0.717, 1.165) is 11.5 Å². The third kappa shape index (κ3) is 2.92. The van der Waals surface area contributed by atoms with E-state index in [0.29, 0.717) is 16.4 Å². The normalized spacial score (nSPS) is 10.1. The van der Waals surface area contributed by atoms with Crippen molar-refractivity contribution in [3.8, 4) is 11.5 Å². The van der Waals surface area contributed by atoms with E-state index in [9.17, 15) is 10.1 Å². The topological polar surface area (TPSA) is 125 Å². The lowest BCUT2D eigenvalue weighted by atomic mass is 10.3. The molecule has 9 nitrogen and oxygen atoms in total. The SMILES string of the molecule is COc1ccc([N+](=O)[O-])c(OCc2nnsc2NN)c1. The molecule has 106 valence electrons. The molecule has 1 aromatic carbocycles. The largest absolute Gasteiger partial charge is 0.497 e. The molecule has 10 heteroatoms. The summed E-state index contributed by atoms with van der Waals surface area (Å²) in [6.45, 7) is 0.00401. The summed E-state index contributed by atoms with van der Waals surface area (Å²) in [7, 11) is 1.46. The molecule has 0 bridgehead atoms. The van der Waals surface area contributed by atoms with E-state index in [1.807, 2.05) is 0 Å². The molecule has 20 heavy (non-hydrogen) atoms. The lowest BCUT2D eigenvalue weighted by Crippen LogP contribution is -2.09. The predicted octanol–water partition coefficient (Wildman–Crippen LogP) is 1.32. The summed E-state index contributed by atoms with van der Waals surface area (Å²) < 4.78 is 14.1.